The summed E-state index contributed by atoms with van der Waals surface area (Å²) in [4.78, 5) is 26.6. The molecule has 3 heterocycles. The number of hydrogen-bond acceptors (Lipinski definition) is 3. The van der Waals surface area contributed by atoms with Crippen LogP contribution in [0, 0.1) is 6.92 Å². The summed E-state index contributed by atoms with van der Waals surface area (Å²) in [7, 11) is 3.47. The maximum atomic E-state index is 12.5. The van der Waals surface area contributed by atoms with Gasteiger partial charge in [-0.1, -0.05) is 29.8 Å². The first kappa shape index (κ1) is 16.8. The van der Waals surface area contributed by atoms with Crippen LogP contribution in [0.25, 0.3) is 33.3 Å². The van der Waals surface area contributed by atoms with Crippen LogP contribution in [0.5, 0.6) is 0 Å². The number of aromatic nitrogens is 4. The first-order valence-corrected chi connectivity index (χ1v) is 8.42. The molecular formula is C20H18N4O3. The van der Waals surface area contributed by atoms with Gasteiger partial charge in [0.25, 0.3) is 5.56 Å². The molecule has 0 radical (unpaired) electrons. The fraction of sp³-hybridized carbons (Fsp3) is 0.150. The van der Waals surface area contributed by atoms with E-state index in [4.69, 9.17) is 0 Å². The van der Waals surface area contributed by atoms with E-state index in [-0.39, 0.29) is 16.8 Å². The third-order valence-electron chi connectivity index (χ3n) is 4.64. The van der Waals surface area contributed by atoms with Gasteiger partial charge in [-0.25, -0.2) is 4.79 Å². The minimum atomic E-state index is -1.11. The predicted octanol–water partition coefficient (Wildman–Crippen LogP) is 2.94. The second-order valence-electron chi connectivity index (χ2n) is 6.67. The minimum absolute atomic E-state index is 0.0256. The van der Waals surface area contributed by atoms with Crippen molar-refractivity contribution in [3.63, 3.8) is 0 Å². The van der Waals surface area contributed by atoms with Crippen LogP contribution in [-0.4, -0.2) is 30.4 Å². The predicted molar refractivity (Wildman–Crippen MR) is 103 cm³/mol. The van der Waals surface area contributed by atoms with Crippen LogP contribution in [-0.2, 0) is 14.1 Å². The Labute approximate surface area is 154 Å². The van der Waals surface area contributed by atoms with Gasteiger partial charge >= 0.3 is 5.97 Å². The lowest BCUT2D eigenvalue weighted by Gasteiger charge is -2.07. The Bertz CT molecular complexity index is 1240. The molecule has 2 N–H and O–H groups in total. The Kier molecular flexibility index (Phi) is 3.73. The molecule has 0 amide bonds. The van der Waals surface area contributed by atoms with E-state index in [0.29, 0.717) is 16.6 Å². The quantitative estimate of drug-likeness (QED) is 0.586. The molecule has 7 heteroatoms. The molecule has 0 spiro atoms. The summed E-state index contributed by atoms with van der Waals surface area (Å²) in [6.45, 7) is 2.03. The van der Waals surface area contributed by atoms with Crippen molar-refractivity contribution in [2.75, 3.05) is 0 Å². The topological polar surface area (TPSA) is 92.9 Å². The van der Waals surface area contributed by atoms with Gasteiger partial charge in [-0.05, 0) is 18.6 Å². The Morgan fingerprint density at radius 2 is 1.81 bits per heavy atom. The highest BCUT2D eigenvalue weighted by molar-refractivity contribution is 6.01. The normalized spacial score (nSPS) is 11.2. The molecule has 0 aliphatic heterocycles. The van der Waals surface area contributed by atoms with E-state index < -0.39 is 5.97 Å². The molecule has 0 aliphatic carbocycles. The number of aromatic amines is 1. The van der Waals surface area contributed by atoms with Gasteiger partial charge in [-0.3, -0.25) is 9.48 Å². The highest BCUT2D eigenvalue weighted by Crippen LogP contribution is 2.34. The van der Waals surface area contributed by atoms with E-state index in [1.165, 1.54) is 10.6 Å². The van der Waals surface area contributed by atoms with E-state index >= 15 is 0 Å². The molecule has 3 aromatic heterocycles. The van der Waals surface area contributed by atoms with Gasteiger partial charge in [0.05, 0.1) is 0 Å². The van der Waals surface area contributed by atoms with Crippen LogP contribution < -0.4 is 5.56 Å². The zero-order valence-electron chi connectivity index (χ0n) is 15.1. The van der Waals surface area contributed by atoms with E-state index in [1.54, 1.807) is 17.9 Å². The van der Waals surface area contributed by atoms with Crippen molar-refractivity contribution in [1.82, 2.24) is 19.3 Å². The first-order chi connectivity index (χ1) is 12.8. The number of aromatic carboxylic acids is 1. The van der Waals surface area contributed by atoms with Gasteiger partial charge in [0.1, 0.15) is 16.9 Å². The number of H-pyrrole nitrogens is 1. The lowest BCUT2D eigenvalue weighted by atomic mass is 10.00. The van der Waals surface area contributed by atoms with E-state index in [1.807, 2.05) is 44.4 Å². The van der Waals surface area contributed by atoms with Crippen LogP contribution >= 0.6 is 0 Å². The molecule has 136 valence electrons. The van der Waals surface area contributed by atoms with E-state index in [2.05, 4.69) is 10.1 Å². The second kappa shape index (κ2) is 5.98. The molecule has 0 fully saturated rings. The van der Waals surface area contributed by atoms with Crippen molar-refractivity contribution in [2.45, 2.75) is 6.92 Å². The molecule has 0 unspecified atom stereocenters. The van der Waals surface area contributed by atoms with E-state index in [0.717, 1.165) is 16.7 Å². The number of fused-ring (bicyclic) bond motifs is 1. The summed E-state index contributed by atoms with van der Waals surface area (Å²) in [5.74, 6) is -1.11. The summed E-state index contributed by atoms with van der Waals surface area (Å²) in [5, 5.41) is 14.4. The van der Waals surface area contributed by atoms with Gasteiger partial charge in [0, 0.05) is 43.0 Å². The summed E-state index contributed by atoms with van der Waals surface area (Å²) in [5.41, 5.74) is 4.41. The third kappa shape index (κ3) is 2.73. The van der Waals surface area contributed by atoms with Crippen molar-refractivity contribution in [3.05, 3.63) is 64.3 Å². The largest absolute Gasteiger partial charge is 0.477 e. The SMILES string of the molecule is Cc1ccc(-c2cn(C)nc2-c2cn(C)c(=O)c3[nH]c(C(=O)O)cc23)cc1. The summed E-state index contributed by atoms with van der Waals surface area (Å²) in [6.07, 6.45) is 3.62. The molecule has 4 aromatic rings. The molecule has 0 aliphatic rings. The maximum Gasteiger partial charge on any atom is 0.352 e. The summed E-state index contributed by atoms with van der Waals surface area (Å²) >= 11 is 0. The molecule has 4 rings (SSSR count). The number of nitrogens with zero attached hydrogens (tertiary/aromatic N) is 3. The average molecular weight is 362 g/mol. The summed E-state index contributed by atoms with van der Waals surface area (Å²) < 4.78 is 3.15. The van der Waals surface area contributed by atoms with Gasteiger partial charge in [-0.2, -0.15) is 5.10 Å². The molecule has 7 nitrogen and oxygen atoms in total. The standard InChI is InChI=1S/C20H18N4O3/c1-11-4-6-12(7-5-11)14-10-24(3)22-17(14)15-9-23(2)19(25)18-13(15)8-16(21-18)20(26)27/h4-10,21H,1-3H3,(H,26,27). The summed E-state index contributed by atoms with van der Waals surface area (Å²) in [6, 6.07) is 9.59. The van der Waals surface area contributed by atoms with Crippen LogP contribution in [0.4, 0.5) is 0 Å². The smallest absolute Gasteiger partial charge is 0.352 e. The monoisotopic (exact) mass is 362 g/mol. The lowest BCUT2D eigenvalue weighted by molar-refractivity contribution is 0.0691. The van der Waals surface area contributed by atoms with Crippen molar-refractivity contribution in [3.8, 4) is 22.4 Å². The van der Waals surface area contributed by atoms with Gasteiger partial charge in [-0.15, -0.1) is 0 Å². The van der Waals surface area contributed by atoms with Crippen molar-refractivity contribution in [1.29, 1.82) is 0 Å². The number of carboxylic acids is 1. The molecular weight excluding hydrogens is 344 g/mol. The lowest BCUT2D eigenvalue weighted by Crippen LogP contribution is -2.16. The first-order valence-electron chi connectivity index (χ1n) is 8.42. The zero-order chi connectivity index (χ0) is 19.3. The number of hydrogen-bond donors (Lipinski definition) is 2. The molecule has 0 bridgehead atoms. The molecule has 1 aromatic carbocycles. The third-order valence-corrected chi connectivity index (χ3v) is 4.64. The highest BCUT2D eigenvalue weighted by Gasteiger charge is 2.20. The number of carbonyl (C=O) groups is 1. The molecule has 0 saturated heterocycles. The minimum Gasteiger partial charge on any atom is -0.477 e. The fourth-order valence-electron chi connectivity index (χ4n) is 3.27. The Morgan fingerprint density at radius 3 is 2.48 bits per heavy atom. The number of benzene rings is 1. The average Bonchev–Trinajstić information content (AvgIpc) is 3.23. The van der Waals surface area contributed by atoms with Gasteiger partial charge in [0.15, 0.2) is 0 Å². The van der Waals surface area contributed by atoms with E-state index in [9.17, 15) is 14.7 Å². The number of nitrogens with one attached hydrogen (secondary N) is 1. The van der Waals surface area contributed by atoms with Crippen molar-refractivity contribution < 1.29 is 9.90 Å². The maximum absolute atomic E-state index is 12.5. The molecule has 0 atom stereocenters. The Morgan fingerprint density at radius 1 is 1.11 bits per heavy atom. The Balaban J connectivity index is 2.04. The van der Waals surface area contributed by atoms with Gasteiger partial charge in [0.2, 0.25) is 0 Å². The van der Waals surface area contributed by atoms with Crippen molar-refractivity contribution >= 4 is 16.9 Å². The number of rotatable bonds is 3. The van der Waals surface area contributed by atoms with Crippen LogP contribution in [0.1, 0.15) is 16.1 Å². The molecule has 27 heavy (non-hydrogen) atoms. The number of pyridine rings is 1. The fourth-order valence-corrected chi connectivity index (χ4v) is 3.27. The highest BCUT2D eigenvalue weighted by atomic mass is 16.4. The number of carboxylic acid groups (broad SMARTS) is 1. The Hall–Kier alpha value is -3.61. The van der Waals surface area contributed by atoms with Crippen LogP contribution in [0.2, 0.25) is 0 Å². The van der Waals surface area contributed by atoms with Crippen LogP contribution in [0.3, 0.4) is 0 Å². The molecule has 0 saturated carbocycles. The van der Waals surface area contributed by atoms with Gasteiger partial charge < -0.3 is 14.7 Å². The zero-order valence-corrected chi connectivity index (χ0v) is 15.1. The van der Waals surface area contributed by atoms with Crippen LogP contribution in [0.15, 0.2) is 47.5 Å². The number of aryl methyl sites for hydroxylation is 3. The second-order valence-corrected chi connectivity index (χ2v) is 6.67. The van der Waals surface area contributed by atoms with Crippen molar-refractivity contribution in [2.24, 2.45) is 14.1 Å².